The monoisotopic (exact) mass is 301 g/mol. The fraction of sp³-hybridized carbons (Fsp3) is 0.385. The van der Waals surface area contributed by atoms with Gasteiger partial charge in [0.05, 0.1) is 6.42 Å². The number of carboxylic acids is 1. The number of hydrogen-bond donors (Lipinski definition) is 2. The molecule has 6 heteroatoms. The third-order valence-electron chi connectivity index (χ3n) is 2.50. The number of halogens is 1. The smallest absolute Gasteiger partial charge is 0.326 e. The van der Waals surface area contributed by atoms with Gasteiger partial charge in [0, 0.05) is 5.02 Å². The highest BCUT2D eigenvalue weighted by Crippen LogP contribution is 2.11. The molecule has 0 fully saturated rings. The van der Waals surface area contributed by atoms with Gasteiger partial charge in [0.1, 0.15) is 6.04 Å². The Morgan fingerprint density at radius 2 is 2.21 bits per heavy atom. The number of amides is 1. The lowest BCUT2D eigenvalue weighted by Crippen LogP contribution is -2.41. The number of carbonyl (C=O) groups is 2. The quantitative estimate of drug-likeness (QED) is 0.810. The number of rotatable bonds is 7. The van der Waals surface area contributed by atoms with Crippen LogP contribution in [0.1, 0.15) is 12.0 Å². The maximum absolute atomic E-state index is 11.8. The van der Waals surface area contributed by atoms with E-state index in [1.165, 1.54) is 0 Å². The number of aliphatic carboxylic acids is 1. The molecular formula is C13H16ClNO3S. The van der Waals surface area contributed by atoms with Crippen LogP contribution in [0.5, 0.6) is 0 Å². The topological polar surface area (TPSA) is 66.4 Å². The molecule has 0 unspecified atom stereocenters. The molecule has 1 amide bonds. The molecule has 1 aromatic carbocycles. The van der Waals surface area contributed by atoms with Crippen molar-refractivity contribution in [3.63, 3.8) is 0 Å². The Balaban J connectivity index is 2.55. The van der Waals surface area contributed by atoms with Crippen LogP contribution in [0, 0.1) is 0 Å². The van der Waals surface area contributed by atoms with Crippen LogP contribution in [0.15, 0.2) is 24.3 Å². The Kier molecular flexibility index (Phi) is 6.73. The molecule has 0 heterocycles. The largest absolute Gasteiger partial charge is 0.480 e. The number of hydrogen-bond acceptors (Lipinski definition) is 3. The molecule has 104 valence electrons. The van der Waals surface area contributed by atoms with Gasteiger partial charge in [0.25, 0.3) is 0 Å². The zero-order chi connectivity index (χ0) is 14.3. The van der Waals surface area contributed by atoms with E-state index in [2.05, 4.69) is 5.32 Å². The summed E-state index contributed by atoms with van der Waals surface area (Å²) in [6.45, 7) is 0. The van der Waals surface area contributed by atoms with E-state index in [0.29, 0.717) is 17.2 Å². The van der Waals surface area contributed by atoms with E-state index in [0.717, 1.165) is 5.56 Å². The van der Waals surface area contributed by atoms with Crippen molar-refractivity contribution in [1.29, 1.82) is 0 Å². The molecule has 0 bridgehead atoms. The average molecular weight is 302 g/mol. The summed E-state index contributed by atoms with van der Waals surface area (Å²) in [6, 6.07) is 6.12. The minimum absolute atomic E-state index is 0.129. The van der Waals surface area contributed by atoms with Crippen molar-refractivity contribution in [2.24, 2.45) is 0 Å². The van der Waals surface area contributed by atoms with Crippen molar-refractivity contribution in [2.45, 2.75) is 18.9 Å². The molecule has 1 atom stereocenters. The van der Waals surface area contributed by atoms with Crippen LogP contribution >= 0.6 is 23.4 Å². The van der Waals surface area contributed by atoms with Gasteiger partial charge in [-0.1, -0.05) is 23.7 Å². The van der Waals surface area contributed by atoms with Crippen molar-refractivity contribution < 1.29 is 14.7 Å². The van der Waals surface area contributed by atoms with Crippen LogP contribution in [0.25, 0.3) is 0 Å². The molecule has 1 aromatic rings. The fourth-order valence-corrected chi connectivity index (χ4v) is 2.26. The first-order chi connectivity index (χ1) is 9.02. The Hall–Kier alpha value is -1.20. The summed E-state index contributed by atoms with van der Waals surface area (Å²) in [6.07, 6.45) is 2.44. The molecule has 1 rings (SSSR count). The summed E-state index contributed by atoms with van der Waals surface area (Å²) < 4.78 is 0. The average Bonchev–Trinajstić information content (AvgIpc) is 2.34. The molecule has 0 saturated carbocycles. The van der Waals surface area contributed by atoms with Crippen LogP contribution in [-0.2, 0) is 16.0 Å². The molecule has 0 aliphatic rings. The molecule has 0 aromatic heterocycles. The van der Waals surface area contributed by atoms with Gasteiger partial charge in [-0.3, -0.25) is 4.79 Å². The van der Waals surface area contributed by atoms with E-state index in [1.54, 1.807) is 36.0 Å². The SMILES string of the molecule is CSCC[C@H](NC(=O)Cc1cccc(Cl)c1)C(=O)O. The van der Waals surface area contributed by atoms with Gasteiger partial charge in [-0.15, -0.1) is 0 Å². The van der Waals surface area contributed by atoms with Crippen molar-refractivity contribution in [3.05, 3.63) is 34.9 Å². The van der Waals surface area contributed by atoms with Crippen molar-refractivity contribution in [1.82, 2.24) is 5.32 Å². The Morgan fingerprint density at radius 1 is 1.47 bits per heavy atom. The van der Waals surface area contributed by atoms with Crippen molar-refractivity contribution in [2.75, 3.05) is 12.0 Å². The van der Waals surface area contributed by atoms with E-state index < -0.39 is 12.0 Å². The van der Waals surface area contributed by atoms with E-state index >= 15 is 0 Å². The Labute approximate surface area is 121 Å². The minimum atomic E-state index is -1.01. The molecule has 0 aliphatic heterocycles. The highest BCUT2D eigenvalue weighted by atomic mass is 35.5. The molecule has 0 saturated heterocycles. The first-order valence-electron chi connectivity index (χ1n) is 5.78. The Bertz CT molecular complexity index is 453. The molecule has 4 nitrogen and oxygen atoms in total. The molecule has 0 spiro atoms. The molecule has 0 radical (unpaired) electrons. The second kappa shape index (κ2) is 8.07. The van der Waals surface area contributed by atoms with Gasteiger partial charge in [-0.2, -0.15) is 11.8 Å². The molecule has 2 N–H and O–H groups in total. The van der Waals surface area contributed by atoms with E-state index in [-0.39, 0.29) is 12.3 Å². The highest BCUT2D eigenvalue weighted by Gasteiger charge is 2.19. The minimum Gasteiger partial charge on any atom is -0.480 e. The van der Waals surface area contributed by atoms with E-state index in [1.807, 2.05) is 6.26 Å². The number of nitrogens with one attached hydrogen (secondary N) is 1. The lowest BCUT2D eigenvalue weighted by molar-refractivity contribution is -0.141. The normalized spacial score (nSPS) is 11.9. The van der Waals surface area contributed by atoms with E-state index in [9.17, 15) is 9.59 Å². The predicted octanol–water partition coefficient (Wildman–Crippen LogP) is 2.20. The number of benzene rings is 1. The summed E-state index contributed by atoms with van der Waals surface area (Å²) >= 11 is 7.37. The van der Waals surface area contributed by atoms with Gasteiger partial charge in [0.2, 0.25) is 5.91 Å². The lowest BCUT2D eigenvalue weighted by atomic mass is 10.1. The van der Waals surface area contributed by atoms with Crippen LogP contribution in [0.2, 0.25) is 5.02 Å². The van der Waals surface area contributed by atoms with Crippen LogP contribution < -0.4 is 5.32 Å². The standard InChI is InChI=1S/C13H16ClNO3S/c1-19-6-5-11(13(17)18)15-12(16)8-9-3-2-4-10(14)7-9/h2-4,7,11H,5-6,8H2,1H3,(H,15,16)(H,17,18)/t11-/m0/s1. The summed E-state index contributed by atoms with van der Waals surface area (Å²) in [5.74, 6) is -0.627. The first kappa shape index (κ1) is 15.9. The van der Waals surface area contributed by atoms with E-state index in [4.69, 9.17) is 16.7 Å². The summed E-state index contributed by atoms with van der Waals surface area (Å²) in [4.78, 5) is 22.8. The number of carboxylic acid groups (broad SMARTS) is 1. The zero-order valence-corrected chi connectivity index (χ0v) is 12.1. The lowest BCUT2D eigenvalue weighted by Gasteiger charge is -2.13. The Morgan fingerprint density at radius 3 is 2.79 bits per heavy atom. The molecule has 0 aliphatic carbocycles. The highest BCUT2D eigenvalue weighted by molar-refractivity contribution is 7.98. The van der Waals surface area contributed by atoms with Gasteiger partial charge >= 0.3 is 5.97 Å². The summed E-state index contributed by atoms with van der Waals surface area (Å²) in [5, 5.41) is 12.1. The third-order valence-corrected chi connectivity index (χ3v) is 3.38. The summed E-state index contributed by atoms with van der Waals surface area (Å²) in [7, 11) is 0. The maximum Gasteiger partial charge on any atom is 0.326 e. The van der Waals surface area contributed by atoms with Crippen molar-refractivity contribution in [3.8, 4) is 0 Å². The third kappa shape index (κ3) is 5.98. The van der Waals surface area contributed by atoms with Crippen LogP contribution in [-0.4, -0.2) is 35.0 Å². The first-order valence-corrected chi connectivity index (χ1v) is 7.55. The maximum atomic E-state index is 11.8. The van der Waals surface area contributed by atoms with Gasteiger partial charge in [0.15, 0.2) is 0 Å². The number of thioether (sulfide) groups is 1. The van der Waals surface area contributed by atoms with Gasteiger partial charge < -0.3 is 10.4 Å². The fourth-order valence-electron chi connectivity index (χ4n) is 1.57. The molecule has 19 heavy (non-hydrogen) atoms. The van der Waals surface area contributed by atoms with Crippen LogP contribution in [0.3, 0.4) is 0 Å². The van der Waals surface area contributed by atoms with Crippen LogP contribution in [0.4, 0.5) is 0 Å². The second-order valence-corrected chi connectivity index (χ2v) is 5.47. The van der Waals surface area contributed by atoms with Crippen molar-refractivity contribution >= 4 is 35.2 Å². The zero-order valence-electron chi connectivity index (χ0n) is 10.6. The number of carbonyl (C=O) groups excluding carboxylic acids is 1. The van der Waals surface area contributed by atoms with Gasteiger partial charge in [-0.05, 0) is 36.1 Å². The predicted molar refractivity (Wildman–Crippen MR) is 77.7 cm³/mol. The summed E-state index contributed by atoms with van der Waals surface area (Å²) in [5.41, 5.74) is 0.763. The molecular weight excluding hydrogens is 286 g/mol. The second-order valence-electron chi connectivity index (χ2n) is 4.05. The van der Waals surface area contributed by atoms with Gasteiger partial charge in [-0.25, -0.2) is 4.79 Å².